The zero-order valence-electron chi connectivity index (χ0n) is 8.89. The summed E-state index contributed by atoms with van der Waals surface area (Å²) in [6.07, 6.45) is 1.15. The molecule has 1 heterocycles. The second-order valence-corrected chi connectivity index (χ2v) is 3.77. The Labute approximate surface area is 88.9 Å². The number of hydrogen-bond donors (Lipinski definition) is 2. The second-order valence-electron chi connectivity index (χ2n) is 3.77. The molecule has 5 nitrogen and oxygen atoms in total. The highest BCUT2D eigenvalue weighted by Gasteiger charge is 2.47. The average Bonchev–Trinajstić information content (AvgIpc) is 2.45. The van der Waals surface area contributed by atoms with Crippen molar-refractivity contribution in [3.8, 4) is 0 Å². The fourth-order valence-electron chi connectivity index (χ4n) is 1.99. The summed E-state index contributed by atoms with van der Waals surface area (Å²) in [5.74, 6) is 0.582. The SMILES string of the molecule is C=CCC1=NC(C)C[N+]1(CCO)C(=O)O. The summed E-state index contributed by atoms with van der Waals surface area (Å²) in [6, 6.07) is -0.0115. The van der Waals surface area contributed by atoms with Gasteiger partial charge in [0.2, 0.25) is 5.84 Å². The third-order valence-corrected chi connectivity index (χ3v) is 2.61. The van der Waals surface area contributed by atoms with Crippen LogP contribution in [0.25, 0.3) is 0 Å². The molecule has 0 saturated carbocycles. The molecule has 0 aromatic heterocycles. The smallest absolute Gasteiger partial charge is 0.435 e. The van der Waals surface area contributed by atoms with E-state index >= 15 is 0 Å². The summed E-state index contributed by atoms with van der Waals surface area (Å²) in [7, 11) is 0. The maximum absolute atomic E-state index is 11.3. The van der Waals surface area contributed by atoms with Gasteiger partial charge in [-0.1, -0.05) is 6.08 Å². The van der Waals surface area contributed by atoms with Gasteiger partial charge < -0.3 is 10.2 Å². The zero-order chi connectivity index (χ0) is 11.5. The Morgan fingerprint density at radius 2 is 2.47 bits per heavy atom. The number of rotatable bonds is 4. The quantitative estimate of drug-likeness (QED) is 0.537. The van der Waals surface area contributed by atoms with Crippen LogP contribution in [0.1, 0.15) is 13.3 Å². The van der Waals surface area contributed by atoms with Crippen LogP contribution in [0.15, 0.2) is 17.6 Å². The number of carboxylic acid groups (broad SMARTS) is 1. The van der Waals surface area contributed by atoms with E-state index in [0.717, 1.165) is 0 Å². The van der Waals surface area contributed by atoms with Crippen LogP contribution in [0.2, 0.25) is 0 Å². The first kappa shape index (κ1) is 11.9. The van der Waals surface area contributed by atoms with Crippen LogP contribution >= 0.6 is 0 Å². The molecule has 0 aromatic carbocycles. The Hall–Kier alpha value is -1.20. The van der Waals surface area contributed by atoms with Gasteiger partial charge >= 0.3 is 6.09 Å². The minimum absolute atomic E-state index is 0.0115. The number of aliphatic hydroxyl groups is 1. The fraction of sp³-hybridized carbons (Fsp3) is 0.600. The third kappa shape index (κ3) is 2.08. The molecule has 0 radical (unpaired) electrons. The van der Waals surface area contributed by atoms with Crippen molar-refractivity contribution < 1.29 is 19.5 Å². The standard InChI is InChI=1S/C10H16N2O3/c1-3-4-9-11-8(2)7-12(9,5-6-13)10(14)15/h3,8,13H,1,4-7H2,2H3/p+1. The van der Waals surface area contributed by atoms with E-state index in [0.29, 0.717) is 18.8 Å². The first-order chi connectivity index (χ1) is 7.06. The van der Waals surface area contributed by atoms with Gasteiger partial charge in [-0.3, -0.25) is 0 Å². The van der Waals surface area contributed by atoms with Crippen molar-refractivity contribution >= 4 is 11.9 Å². The molecule has 2 unspecified atom stereocenters. The van der Waals surface area contributed by atoms with Crippen molar-refractivity contribution in [3.05, 3.63) is 12.7 Å². The predicted octanol–water partition coefficient (Wildman–Crippen LogP) is 0.850. The van der Waals surface area contributed by atoms with Crippen molar-refractivity contribution in [2.24, 2.45) is 4.99 Å². The molecule has 2 atom stereocenters. The molecule has 2 N–H and O–H groups in total. The van der Waals surface area contributed by atoms with Gasteiger partial charge in [-0.15, -0.1) is 6.58 Å². The van der Waals surface area contributed by atoms with Gasteiger partial charge in [0.05, 0.1) is 13.0 Å². The molecule has 1 amide bonds. The lowest BCUT2D eigenvalue weighted by Crippen LogP contribution is -2.56. The lowest BCUT2D eigenvalue weighted by Gasteiger charge is -2.27. The molecule has 1 rings (SSSR count). The molecule has 0 saturated heterocycles. The average molecular weight is 213 g/mol. The second kappa shape index (κ2) is 4.55. The van der Waals surface area contributed by atoms with E-state index in [2.05, 4.69) is 11.6 Å². The molecule has 84 valence electrons. The van der Waals surface area contributed by atoms with E-state index in [1.165, 1.54) is 0 Å². The van der Waals surface area contributed by atoms with Gasteiger partial charge in [-0.25, -0.2) is 4.99 Å². The number of carbonyl (C=O) groups is 1. The molecule has 0 aliphatic carbocycles. The van der Waals surface area contributed by atoms with Crippen LogP contribution in [-0.4, -0.2) is 52.4 Å². The van der Waals surface area contributed by atoms with Crippen LogP contribution in [0.5, 0.6) is 0 Å². The van der Waals surface area contributed by atoms with Crippen LogP contribution < -0.4 is 0 Å². The van der Waals surface area contributed by atoms with Gasteiger partial charge in [0.1, 0.15) is 19.1 Å². The van der Waals surface area contributed by atoms with Gasteiger partial charge in [0, 0.05) is 0 Å². The summed E-state index contributed by atoms with van der Waals surface area (Å²) in [5.41, 5.74) is 0. The molecule has 0 aromatic rings. The van der Waals surface area contributed by atoms with E-state index in [4.69, 9.17) is 5.11 Å². The van der Waals surface area contributed by atoms with E-state index in [1.807, 2.05) is 6.92 Å². The molecule has 1 aliphatic rings. The Morgan fingerprint density at radius 1 is 1.80 bits per heavy atom. The Bertz CT molecular complexity index is 301. The lowest BCUT2D eigenvalue weighted by atomic mass is 10.2. The van der Waals surface area contributed by atoms with Crippen molar-refractivity contribution in [2.75, 3.05) is 19.7 Å². The first-order valence-corrected chi connectivity index (χ1v) is 4.96. The normalized spacial score (nSPS) is 30.0. The summed E-state index contributed by atoms with van der Waals surface area (Å²) in [4.78, 5) is 15.6. The first-order valence-electron chi connectivity index (χ1n) is 4.96. The number of aliphatic hydroxyl groups excluding tert-OH is 1. The molecule has 5 heteroatoms. The predicted molar refractivity (Wildman–Crippen MR) is 56.8 cm³/mol. The largest absolute Gasteiger partial charge is 0.519 e. The summed E-state index contributed by atoms with van der Waals surface area (Å²) in [5, 5.41) is 18.2. The van der Waals surface area contributed by atoms with Crippen LogP contribution in [0.4, 0.5) is 4.79 Å². The van der Waals surface area contributed by atoms with Crippen LogP contribution in [0, 0.1) is 0 Å². The highest BCUT2D eigenvalue weighted by molar-refractivity contribution is 5.86. The molecular formula is C10H17N2O3+. The van der Waals surface area contributed by atoms with E-state index in [9.17, 15) is 9.90 Å². The van der Waals surface area contributed by atoms with Crippen LogP contribution in [-0.2, 0) is 0 Å². The number of amides is 1. The van der Waals surface area contributed by atoms with E-state index in [-0.39, 0.29) is 23.7 Å². The molecule has 0 spiro atoms. The highest BCUT2D eigenvalue weighted by Crippen LogP contribution is 2.22. The Morgan fingerprint density at radius 3 is 2.93 bits per heavy atom. The van der Waals surface area contributed by atoms with Crippen LogP contribution in [0.3, 0.4) is 0 Å². The zero-order valence-corrected chi connectivity index (χ0v) is 8.89. The topological polar surface area (TPSA) is 69.9 Å². The van der Waals surface area contributed by atoms with Gasteiger partial charge in [0.25, 0.3) is 0 Å². The monoisotopic (exact) mass is 213 g/mol. The van der Waals surface area contributed by atoms with Crippen molar-refractivity contribution in [2.45, 2.75) is 19.4 Å². The maximum Gasteiger partial charge on any atom is 0.519 e. The third-order valence-electron chi connectivity index (χ3n) is 2.61. The van der Waals surface area contributed by atoms with Crippen molar-refractivity contribution in [1.82, 2.24) is 0 Å². The minimum atomic E-state index is -0.950. The van der Waals surface area contributed by atoms with Gasteiger partial charge in [-0.2, -0.15) is 9.28 Å². The summed E-state index contributed by atoms with van der Waals surface area (Å²) >= 11 is 0. The number of nitrogens with zero attached hydrogens (tertiary/aromatic N) is 2. The minimum Gasteiger partial charge on any atom is -0.435 e. The number of quaternary nitrogens is 1. The van der Waals surface area contributed by atoms with Gasteiger partial charge in [0.15, 0.2) is 0 Å². The van der Waals surface area contributed by atoms with Crippen molar-refractivity contribution in [1.29, 1.82) is 0 Å². The summed E-state index contributed by atoms with van der Waals surface area (Å²) < 4.78 is -0.246. The molecule has 15 heavy (non-hydrogen) atoms. The molecule has 1 aliphatic heterocycles. The van der Waals surface area contributed by atoms with Gasteiger partial charge in [-0.05, 0) is 6.92 Å². The summed E-state index contributed by atoms with van der Waals surface area (Å²) in [6.45, 7) is 5.90. The Kier molecular flexibility index (Phi) is 3.60. The van der Waals surface area contributed by atoms with E-state index < -0.39 is 6.09 Å². The molecule has 0 fully saturated rings. The van der Waals surface area contributed by atoms with Crippen molar-refractivity contribution in [3.63, 3.8) is 0 Å². The number of amidine groups is 1. The lowest BCUT2D eigenvalue weighted by molar-refractivity contribution is -0.763. The number of hydrogen-bond acceptors (Lipinski definition) is 3. The molecular weight excluding hydrogens is 196 g/mol. The molecule has 0 bridgehead atoms. The van der Waals surface area contributed by atoms with E-state index in [1.54, 1.807) is 6.08 Å². The fourth-order valence-corrected chi connectivity index (χ4v) is 1.99. The maximum atomic E-state index is 11.3. The highest BCUT2D eigenvalue weighted by atomic mass is 16.4. The number of aliphatic imine (C=N–C) groups is 1. The Balaban J connectivity index is 3.01.